The van der Waals surface area contributed by atoms with E-state index in [4.69, 9.17) is 5.73 Å². The molecule has 0 unspecified atom stereocenters. The summed E-state index contributed by atoms with van der Waals surface area (Å²) in [6.07, 6.45) is 5.68. The van der Waals surface area contributed by atoms with E-state index in [2.05, 4.69) is 17.6 Å². The summed E-state index contributed by atoms with van der Waals surface area (Å²) in [6.45, 7) is 3.61. The van der Waals surface area contributed by atoms with Gasteiger partial charge in [-0.05, 0) is 35.2 Å². The van der Waals surface area contributed by atoms with Crippen LogP contribution in [0.25, 0.3) is 17.0 Å². The van der Waals surface area contributed by atoms with Crippen molar-refractivity contribution in [2.45, 2.75) is 0 Å². The van der Waals surface area contributed by atoms with Gasteiger partial charge >= 0.3 is 0 Å². The van der Waals surface area contributed by atoms with Crippen LogP contribution in [0, 0.1) is 0 Å². The maximum atomic E-state index is 5.45. The molecule has 1 aromatic heterocycles. The first-order valence-electron chi connectivity index (χ1n) is 4.45. The van der Waals surface area contributed by atoms with Gasteiger partial charge in [-0.1, -0.05) is 18.7 Å². The van der Waals surface area contributed by atoms with Crippen LogP contribution < -0.4 is 5.73 Å². The minimum absolute atomic E-state index is 0.569. The molecule has 0 fully saturated rings. The summed E-state index contributed by atoms with van der Waals surface area (Å²) in [5, 5.41) is 1.20. The van der Waals surface area contributed by atoms with Crippen molar-refractivity contribution in [1.29, 1.82) is 0 Å². The Balaban J connectivity index is 2.39. The maximum Gasteiger partial charge on any atom is 0.0454 e. The van der Waals surface area contributed by atoms with E-state index in [9.17, 15) is 0 Å². The molecular weight excluding hydrogens is 172 g/mol. The number of H-pyrrole nitrogens is 1. The fourth-order valence-corrected chi connectivity index (χ4v) is 1.38. The number of nitrogens with two attached hydrogens (primary N) is 1. The van der Waals surface area contributed by atoms with Gasteiger partial charge in [-0.15, -0.1) is 0 Å². The number of hydrogen-bond donors (Lipinski definition) is 2. The molecule has 0 spiro atoms. The molecule has 70 valence electrons. The van der Waals surface area contributed by atoms with Crippen LogP contribution in [0.4, 0.5) is 0 Å². The highest BCUT2D eigenvalue weighted by Crippen LogP contribution is 2.15. The molecular formula is C12H12N2. The van der Waals surface area contributed by atoms with Crippen LogP contribution >= 0.6 is 0 Å². The second-order valence-electron chi connectivity index (χ2n) is 3.23. The number of fused-ring (bicyclic) bond motifs is 1. The van der Waals surface area contributed by atoms with Gasteiger partial charge in [-0.25, -0.2) is 0 Å². The van der Waals surface area contributed by atoms with Crippen LogP contribution in [-0.4, -0.2) is 4.98 Å². The summed E-state index contributed by atoms with van der Waals surface area (Å²) in [5.74, 6) is 0. The smallest absolute Gasteiger partial charge is 0.0454 e. The zero-order valence-corrected chi connectivity index (χ0v) is 7.83. The fraction of sp³-hybridized carbons (Fsp3) is 0. The third-order valence-electron chi connectivity index (χ3n) is 2.07. The Kier molecular flexibility index (Phi) is 2.11. The van der Waals surface area contributed by atoms with Crippen molar-refractivity contribution in [3.8, 4) is 0 Å². The van der Waals surface area contributed by atoms with E-state index < -0.39 is 0 Å². The van der Waals surface area contributed by atoms with Crippen LogP contribution in [0.15, 0.2) is 48.8 Å². The molecule has 2 aromatic rings. The van der Waals surface area contributed by atoms with E-state index in [0.29, 0.717) is 5.70 Å². The van der Waals surface area contributed by atoms with Crippen molar-refractivity contribution in [2.75, 3.05) is 0 Å². The Morgan fingerprint density at radius 2 is 2.21 bits per heavy atom. The number of aromatic nitrogens is 1. The fourth-order valence-electron chi connectivity index (χ4n) is 1.38. The minimum atomic E-state index is 0.569. The molecule has 3 N–H and O–H groups in total. The summed E-state index contributed by atoms with van der Waals surface area (Å²) in [5.41, 5.74) is 8.29. The van der Waals surface area contributed by atoms with E-state index in [1.165, 1.54) is 5.39 Å². The lowest BCUT2D eigenvalue weighted by Gasteiger charge is -1.94. The molecule has 0 amide bonds. The molecule has 0 aliphatic heterocycles. The van der Waals surface area contributed by atoms with Crippen molar-refractivity contribution in [3.05, 3.63) is 54.4 Å². The molecule has 0 bridgehead atoms. The molecule has 0 atom stereocenters. The first-order chi connectivity index (χ1) is 6.75. The summed E-state index contributed by atoms with van der Waals surface area (Å²) in [7, 11) is 0. The summed E-state index contributed by atoms with van der Waals surface area (Å²) in [6, 6.07) is 8.24. The topological polar surface area (TPSA) is 41.8 Å². The largest absolute Gasteiger partial charge is 0.399 e. The molecule has 0 saturated carbocycles. The van der Waals surface area contributed by atoms with Crippen LogP contribution in [0.1, 0.15) is 5.56 Å². The lowest BCUT2D eigenvalue weighted by atomic mass is 10.1. The Morgan fingerprint density at radius 1 is 1.36 bits per heavy atom. The van der Waals surface area contributed by atoms with Crippen LogP contribution in [0.2, 0.25) is 0 Å². The Labute approximate surface area is 82.7 Å². The molecule has 1 heterocycles. The van der Waals surface area contributed by atoms with Gasteiger partial charge in [0.1, 0.15) is 0 Å². The summed E-state index contributed by atoms with van der Waals surface area (Å²) >= 11 is 0. The third kappa shape index (κ3) is 1.69. The monoisotopic (exact) mass is 184 g/mol. The molecule has 1 aromatic carbocycles. The second-order valence-corrected chi connectivity index (χ2v) is 3.23. The number of allylic oxidation sites excluding steroid dienone is 1. The SMILES string of the molecule is C=C(N)C=Cc1ccc2[nH]ccc2c1. The van der Waals surface area contributed by atoms with Crippen LogP contribution in [0.3, 0.4) is 0 Å². The Bertz CT molecular complexity index is 492. The zero-order chi connectivity index (χ0) is 9.97. The van der Waals surface area contributed by atoms with Gasteiger partial charge in [-0.2, -0.15) is 0 Å². The highest BCUT2D eigenvalue weighted by molar-refractivity contribution is 5.81. The van der Waals surface area contributed by atoms with Gasteiger partial charge in [0, 0.05) is 17.4 Å². The van der Waals surface area contributed by atoms with Gasteiger partial charge in [-0.3, -0.25) is 0 Å². The van der Waals surface area contributed by atoms with Crippen molar-refractivity contribution in [1.82, 2.24) is 4.98 Å². The van der Waals surface area contributed by atoms with E-state index in [0.717, 1.165) is 11.1 Å². The van der Waals surface area contributed by atoms with Gasteiger partial charge < -0.3 is 10.7 Å². The molecule has 2 nitrogen and oxygen atoms in total. The number of nitrogens with one attached hydrogen (secondary N) is 1. The molecule has 0 radical (unpaired) electrons. The highest BCUT2D eigenvalue weighted by Gasteiger charge is 1.93. The van der Waals surface area contributed by atoms with Crippen molar-refractivity contribution in [2.24, 2.45) is 5.73 Å². The van der Waals surface area contributed by atoms with E-state index in [1.807, 2.05) is 30.5 Å². The number of rotatable bonds is 2. The quantitative estimate of drug-likeness (QED) is 0.692. The van der Waals surface area contributed by atoms with Gasteiger partial charge in [0.15, 0.2) is 0 Å². The Morgan fingerprint density at radius 3 is 3.00 bits per heavy atom. The van der Waals surface area contributed by atoms with Crippen molar-refractivity contribution < 1.29 is 0 Å². The maximum absolute atomic E-state index is 5.45. The third-order valence-corrected chi connectivity index (χ3v) is 2.07. The number of benzene rings is 1. The normalized spacial score (nSPS) is 11.1. The second kappa shape index (κ2) is 3.42. The number of hydrogen-bond acceptors (Lipinski definition) is 1. The first kappa shape index (κ1) is 8.63. The lowest BCUT2D eigenvalue weighted by Crippen LogP contribution is -1.87. The lowest BCUT2D eigenvalue weighted by molar-refractivity contribution is 1.46. The average molecular weight is 184 g/mol. The average Bonchev–Trinajstić information content (AvgIpc) is 2.61. The van der Waals surface area contributed by atoms with Crippen LogP contribution in [0.5, 0.6) is 0 Å². The number of aromatic amines is 1. The van der Waals surface area contributed by atoms with Crippen molar-refractivity contribution >= 4 is 17.0 Å². The minimum Gasteiger partial charge on any atom is -0.399 e. The van der Waals surface area contributed by atoms with Crippen molar-refractivity contribution in [3.63, 3.8) is 0 Å². The van der Waals surface area contributed by atoms with Gasteiger partial charge in [0.2, 0.25) is 0 Å². The molecule has 0 aliphatic rings. The predicted molar refractivity (Wildman–Crippen MR) is 60.7 cm³/mol. The van der Waals surface area contributed by atoms with E-state index >= 15 is 0 Å². The highest BCUT2D eigenvalue weighted by atomic mass is 14.7. The summed E-state index contributed by atoms with van der Waals surface area (Å²) in [4.78, 5) is 3.15. The zero-order valence-electron chi connectivity index (χ0n) is 7.83. The molecule has 2 heteroatoms. The van der Waals surface area contributed by atoms with E-state index in [1.54, 1.807) is 6.08 Å². The Hall–Kier alpha value is -1.96. The molecule has 2 rings (SSSR count). The van der Waals surface area contributed by atoms with Crippen LogP contribution in [-0.2, 0) is 0 Å². The molecule has 0 saturated heterocycles. The summed E-state index contributed by atoms with van der Waals surface area (Å²) < 4.78 is 0. The first-order valence-corrected chi connectivity index (χ1v) is 4.45. The molecule has 0 aliphatic carbocycles. The van der Waals surface area contributed by atoms with Gasteiger partial charge in [0.25, 0.3) is 0 Å². The van der Waals surface area contributed by atoms with E-state index in [-0.39, 0.29) is 0 Å². The van der Waals surface area contributed by atoms with Gasteiger partial charge in [0.05, 0.1) is 0 Å². The molecule has 14 heavy (non-hydrogen) atoms. The predicted octanol–water partition coefficient (Wildman–Crippen LogP) is 2.65. The standard InChI is InChI=1S/C12H12N2/c1-9(13)2-3-10-4-5-12-11(8-10)6-7-14-12/h2-8,14H,1,13H2.